The SMILES string of the molecule is C=CCCCCOC(=O)[C@@H]1[C@H]2C(=O)N(CCCCCO)C(C(=O)N(CC=C)c3ccc(OC)cc3)C23CC[C@H]1O3. The summed E-state index contributed by atoms with van der Waals surface area (Å²) in [4.78, 5) is 45.0. The monoisotopic (exact) mass is 554 g/mol. The van der Waals surface area contributed by atoms with Crippen molar-refractivity contribution < 1.29 is 33.7 Å². The van der Waals surface area contributed by atoms with Gasteiger partial charge >= 0.3 is 5.97 Å². The minimum Gasteiger partial charge on any atom is -0.497 e. The van der Waals surface area contributed by atoms with Crippen molar-refractivity contribution in [3.63, 3.8) is 0 Å². The summed E-state index contributed by atoms with van der Waals surface area (Å²) in [7, 11) is 1.58. The number of carbonyl (C=O) groups is 3. The molecule has 9 nitrogen and oxygen atoms in total. The fourth-order valence-electron chi connectivity index (χ4n) is 6.53. The molecule has 2 unspecified atom stereocenters. The van der Waals surface area contributed by atoms with Gasteiger partial charge in [-0.25, -0.2) is 0 Å². The molecule has 2 bridgehead atoms. The molecule has 3 saturated heterocycles. The third-order valence-corrected chi connectivity index (χ3v) is 8.37. The Kier molecular flexibility index (Phi) is 10.0. The number of ether oxygens (including phenoxy) is 3. The van der Waals surface area contributed by atoms with Crippen LogP contribution in [0.15, 0.2) is 49.6 Å². The Morgan fingerprint density at radius 1 is 1.15 bits per heavy atom. The van der Waals surface area contributed by atoms with Crippen molar-refractivity contribution in [3.05, 3.63) is 49.6 Å². The molecule has 3 aliphatic rings. The predicted molar refractivity (Wildman–Crippen MR) is 151 cm³/mol. The minimum atomic E-state index is -1.09. The van der Waals surface area contributed by atoms with Gasteiger partial charge in [0.05, 0.1) is 31.7 Å². The molecule has 218 valence electrons. The molecule has 4 rings (SSSR count). The van der Waals surface area contributed by atoms with Crippen LogP contribution in [-0.4, -0.2) is 79.0 Å². The number of allylic oxidation sites excluding steroid dienone is 1. The predicted octanol–water partition coefficient (Wildman–Crippen LogP) is 3.65. The van der Waals surface area contributed by atoms with Crippen LogP contribution >= 0.6 is 0 Å². The second kappa shape index (κ2) is 13.5. The Labute approximate surface area is 236 Å². The standard InChI is InChI=1S/C31H42N2O7/c1-4-6-7-11-21-39-30(37)25-24-16-17-31(40-24)26(25)28(35)33(19-9-8-10-20-34)27(31)29(36)32(18-5-2)22-12-14-23(38-3)15-13-22/h4-5,12-15,24-27,34H,1-2,6-11,16-21H2,3H3/t24-,25+,26+,27?,31?/m1/s1. The van der Waals surface area contributed by atoms with Gasteiger partial charge in [0.25, 0.3) is 5.91 Å². The quantitative estimate of drug-likeness (QED) is 0.189. The van der Waals surface area contributed by atoms with Crippen molar-refractivity contribution in [1.29, 1.82) is 0 Å². The second-order valence-electron chi connectivity index (χ2n) is 10.8. The molecule has 40 heavy (non-hydrogen) atoms. The molecule has 1 aromatic carbocycles. The van der Waals surface area contributed by atoms with Crippen molar-refractivity contribution in [1.82, 2.24) is 4.90 Å². The summed E-state index contributed by atoms with van der Waals surface area (Å²) >= 11 is 0. The number of aliphatic hydroxyl groups excluding tert-OH is 1. The number of esters is 1. The molecule has 5 atom stereocenters. The number of benzene rings is 1. The highest BCUT2D eigenvalue weighted by molar-refractivity contribution is 6.04. The first kappa shape index (κ1) is 29.8. The molecule has 1 spiro atoms. The van der Waals surface area contributed by atoms with Crippen molar-refractivity contribution in [3.8, 4) is 5.75 Å². The zero-order valence-corrected chi connectivity index (χ0v) is 23.5. The maximum absolute atomic E-state index is 14.4. The van der Waals surface area contributed by atoms with Gasteiger partial charge in [-0.1, -0.05) is 12.2 Å². The Bertz CT molecular complexity index is 1070. The first-order chi connectivity index (χ1) is 19.4. The van der Waals surface area contributed by atoms with Gasteiger partial charge in [-0.3, -0.25) is 14.4 Å². The molecule has 2 amide bonds. The number of unbranched alkanes of at least 4 members (excludes halogenated alkanes) is 4. The number of methoxy groups -OCH3 is 1. The Morgan fingerprint density at radius 3 is 2.60 bits per heavy atom. The molecule has 1 aromatic rings. The van der Waals surface area contributed by atoms with Crippen molar-refractivity contribution in [2.75, 3.05) is 38.3 Å². The van der Waals surface area contributed by atoms with Gasteiger partial charge in [0.1, 0.15) is 17.4 Å². The lowest BCUT2D eigenvalue weighted by molar-refractivity contribution is -0.155. The number of hydrogen-bond donors (Lipinski definition) is 1. The average Bonchev–Trinajstić information content (AvgIpc) is 3.61. The van der Waals surface area contributed by atoms with E-state index in [2.05, 4.69) is 13.2 Å². The van der Waals surface area contributed by atoms with Crippen LogP contribution in [0.25, 0.3) is 0 Å². The zero-order valence-electron chi connectivity index (χ0n) is 23.5. The van der Waals surface area contributed by atoms with E-state index in [9.17, 15) is 19.5 Å². The number of fused-ring (bicyclic) bond motifs is 1. The van der Waals surface area contributed by atoms with Crippen molar-refractivity contribution in [2.24, 2.45) is 11.8 Å². The topological polar surface area (TPSA) is 106 Å². The molecule has 3 aliphatic heterocycles. The van der Waals surface area contributed by atoms with Crippen LogP contribution in [0.4, 0.5) is 5.69 Å². The van der Waals surface area contributed by atoms with Gasteiger partial charge in [-0.05, 0) is 75.6 Å². The number of anilines is 1. The first-order valence-electron chi connectivity index (χ1n) is 14.4. The lowest BCUT2D eigenvalue weighted by Crippen LogP contribution is -2.56. The van der Waals surface area contributed by atoms with Crippen LogP contribution in [0.1, 0.15) is 51.4 Å². The van der Waals surface area contributed by atoms with E-state index in [1.807, 2.05) is 6.08 Å². The van der Waals surface area contributed by atoms with E-state index >= 15 is 0 Å². The van der Waals surface area contributed by atoms with Gasteiger partial charge in [-0.2, -0.15) is 0 Å². The Balaban J connectivity index is 1.63. The number of carbonyl (C=O) groups excluding carboxylic acids is 3. The summed E-state index contributed by atoms with van der Waals surface area (Å²) in [5.74, 6) is -1.74. The summed E-state index contributed by atoms with van der Waals surface area (Å²) in [5, 5.41) is 9.24. The number of hydrogen-bond acceptors (Lipinski definition) is 7. The number of aliphatic hydroxyl groups is 1. The lowest BCUT2D eigenvalue weighted by Gasteiger charge is -2.36. The molecule has 0 aromatic heterocycles. The molecule has 3 heterocycles. The summed E-state index contributed by atoms with van der Waals surface area (Å²) in [6, 6.07) is 6.29. The number of likely N-dealkylation sites (tertiary alicyclic amines) is 1. The summed E-state index contributed by atoms with van der Waals surface area (Å²) in [5.41, 5.74) is -0.435. The second-order valence-corrected chi connectivity index (χ2v) is 10.8. The van der Waals surface area contributed by atoms with E-state index in [0.717, 1.165) is 19.3 Å². The molecule has 0 aliphatic carbocycles. The van der Waals surface area contributed by atoms with Crippen LogP contribution in [0, 0.1) is 11.8 Å². The highest BCUT2D eigenvalue weighted by Crippen LogP contribution is 2.59. The highest BCUT2D eigenvalue weighted by Gasteiger charge is 2.75. The van der Waals surface area contributed by atoms with E-state index in [-0.39, 0.29) is 31.6 Å². The smallest absolute Gasteiger partial charge is 0.312 e. The van der Waals surface area contributed by atoms with Crippen molar-refractivity contribution >= 4 is 23.5 Å². The van der Waals surface area contributed by atoms with E-state index < -0.39 is 35.6 Å². The Morgan fingerprint density at radius 2 is 1.93 bits per heavy atom. The fraction of sp³-hybridized carbons (Fsp3) is 0.581. The third kappa shape index (κ3) is 5.67. The van der Waals surface area contributed by atoms with E-state index in [1.165, 1.54) is 0 Å². The highest BCUT2D eigenvalue weighted by atomic mass is 16.6. The maximum Gasteiger partial charge on any atom is 0.312 e. The fourth-order valence-corrected chi connectivity index (χ4v) is 6.53. The van der Waals surface area contributed by atoms with E-state index in [1.54, 1.807) is 47.3 Å². The normalized spacial score (nSPS) is 26.4. The molecule has 1 N–H and O–H groups in total. The molecular formula is C31H42N2O7. The molecule has 9 heteroatoms. The van der Waals surface area contributed by atoms with Gasteiger partial charge in [0.15, 0.2) is 0 Å². The van der Waals surface area contributed by atoms with E-state index in [4.69, 9.17) is 14.2 Å². The van der Waals surface area contributed by atoms with Gasteiger partial charge in [0.2, 0.25) is 5.91 Å². The maximum atomic E-state index is 14.4. The van der Waals surface area contributed by atoms with Gasteiger partial charge < -0.3 is 29.1 Å². The van der Waals surface area contributed by atoms with Crippen LogP contribution in [0.3, 0.4) is 0 Å². The Hall–Kier alpha value is -3.17. The molecular weight excluding hydrogens is 512 g/mol. The first-order valence-corrected chi connectivity index (χ1v) is 14.4. The summed E-state index contributed by atoms with van der Waals surface area (Å²) in [6.07, 6.45) is 8.54. The zero-order chi connectivity index (χ0) is 28.7. The lowest BCUT2D eigenvalue weighted by atomic mass is 9.70. The molecule has 0 radical (unpaired) electrons. The summed E-state index contributed by atoms with van der Waals surface area (Å²) < 4.78 is 17.4. The van der Waals surface area contributed by atoms with Crippen LogP contribution in [-0.2, 0) is 23.9 Å². The van der Waals surface area contributed by atoms with Crippen LogP contribution in [0.5, 0.6) is 5.75 Å². The molecule has 0 saturated carbocycles. The minimum absolute atomic E-state index is 0.0684. The van der Waals surface area contributed by atoms with E-state index in [0.29, 0.717) is 50.1 Å². The third-order valence-electron chi connectivity index (χ3n) is 8.37. The van der Waals surface area contributed by atoms with Crippen LogP contribution in [0.2, 0.25) is 0 Å². The average molecular weight is 555 g/mol. The van der Waals surface area contributed by atoms with Gasteiger partial charge in [0, 0.05) is 25.4 Å². The van der Waals surface area contributed by atoms with Gasteiger partial charge in [-0.15, -0.1) is 13.2 Å². The number of rotatable bonds is 16. The summed E-state index contributed by atoms with van der Waals surface area (Å²) in [6.45, 7) is 8.50. The molecule has 3 fully saturated rings. The number of nitrogens with zero attached hydrogens (tertiary/aromatic N) is 2. The largest absolute Gasteiger partial charge is 0.497 e. The number of amides is 2. The van der Waals surface area contributed by atoms with Crippen LogP contribution < -0.4 is 9.64 Å². The van der Waals surface area contributed by atoms with Crippen molar-refractivity contribution in [2.45, 2.75) is 69.1 Å².